The van der Waals surface area contributed by atoms with E-state index >= 15 is 0 Å². The molecule has 0 fully saturated rings. The highest BCUT2D eigenvalue weighted by molar-refractivity contribution is 5.80. The standard InChI is InChI=1S/C20H36O2.C20H32O2/c2*1-2-3-4-5-6-7-8-9-10-11-12-13-14-15-16-17-18-19-20(21)22/h16-19H,2-15H2,1H3,(H,21,22);6-7,9-10,12-13,15-16H,2-5,8,11,14,17-19H2,1H3,(H,21,22)/b;7-6-,10-9-,13-12-,16-15-. The van der Waals surface area contributed by atoms with Crippen molar-refractivity contribution in [3.05, 3.63) is 72.9 Å². The summed E-state index contributed by atoms with van der Waals surface area (Å²) in [5.41, 5.74) is 0. The maximum atomic E-state index is 10.3. The van der Waals surface area contributed by atoms with Crippen LogP contribution in [0.25, 0.3) is 0 Å². The van der Waals surface area contributed by atoms with E-state index in [9.17, 15) is 9.59 Å². The molecule has 4 heteroatoms. The molecule has 252 valence electrons. The molecule has 0 saturated carbocycles. The van der Waals surface area contributed by atoms with Crippen LogP contribution in [0.15, 0.2) is 72.9 Å². The average molecular weight is 613 g/mol. The SMILES string of the molecule is CCCCC/C=C\C/C=C\C/C=C\C/C=C\CCCC(=O)O.CCCCCCCCCCCCCCCC=CC=CC(=O)O. The number of carbonyl (C=O) groups is 2. The van der Waals surface area contributed by atoms with Crippen molar-refractivity contribution < 1.29 is 19.8 Å². The van der Waals surface area contributed by atoms with Gasteiger partial charge in [0.2, 0.25) is 0 Å². The van der Waals surface area contributed by atoms with Gasteiger partial charge in [-0.15, -0.1) is 0 Å². The minimum Gasteiger partial charge on any atom is -0.481 e. The third-order valence-corrected chi connectivity index (χ3v) is 7.18. The summed E-state index contributed by atoms with van der Waals surface area (Å²) >= 11 is 0. The Kier molecular flexibility index (Phi) is 39.9. The summed E-state index contributed by atoms with van der Waals surface area (Å²) in [7, 11) is 0. The Balaban J connectivity index is 0. The van der Waals surface area contributed by atoms with E-state index in [1.807, 2.05) is 6.08 Å². The van der Waals surface area contributed by atoms with Crippen LogP contribution in [0, 0.1) is 0 Å². The Morgan fingerprint density at radius 3 is 1.25 bits per heavy atom. The lowest BCUT2D eigenvalue weighted by molar-refractivity contribution is -0.137. The molecule has 4 nitrogen and oxygen atoms in total. The molecule has 0 aliphatic heterocycles. The van der Waals surface area contributed by atoms with Crippen molar-refractivity contribution >= 4 is 11.9 Å². The number of unbranched alkanes of at least 4 members (excludes halogenated alkanes) is 17. The molecule has 0 aromatic heterocycles. The smallest absolute Gasteiger partial charge is 0.328 e. The Bertz CT molecular complexity index is 785. The van der Waals surface area contributed by atoms with Crippen LogP contribution in [0.3, 0.4) is 0 Å². The number of hydrogen-bond donors (Lipinski definition) is 2. The van der Waals surface area contributed by atoms with Crippen LogP contribution in [0.4, 0.5) is 0 Å². The van der Waals surface area contributed by atoms with E-state index in [4.69, 9.17) is 10.2 Å². The number of carboxylic acids is 2. The van der Waals surface area contributed by atoms with Gasteiger partial charge in [-0.25, -0.2) is 4.79 Å². The first-order valence-electron chi connectivity index (χ1n) is 17.9. The van der Waals surface area contributed by atoms with E-state index < -0.39 is 11.9 Å². The molecule has 44 heavy (non-hydrogen) atoms. The summed E-state index contributed by atoms with van der Waals surface area (Å²) in [5, 5.41) is 16.9. The first kappa shape index (κ1) is 43.5. The zero-order valence-corrected chi connectivity index (χ0v) is 28.6. The van der Waals surface area contributed by atoms with Crippen LogP contribution < -0.4 is 0 Å². The maximum Gasteiger partial charge on any atom is 0.328 e. The molecule has 0 amide bonds. The highest BCUT2D eigenvalue weighted by Gasteiger charge is 1.94. The molecule has 0 aliphatic rings. The highest BCUT2D eigenvalue weighted by atomic mass is 16.4. The molecule has 0 bridgehead atoms. The predicted octanol–water partition coefficient (Wildman–Crippen LogP) is 12.9. The predicted molar refractivity (Wildman–Crippen MR) is 192 cm³/mol. The van der Waals surface area contributed by atoms with Gasteiger partial charge < -0.3 is 10.2 Å². The molecular weight excluding hydrogens is 544 g/mol. The molecule has 0 unspecified atom stereocenters. The van der Waals surface area contributed by atoms with Crippen molar-refractivity contribution in [2.45, 2.75) is 168 Å². The lowest BCUT2D eigenvalue weighted by Crippen LogP contribution is -1.92. The van der Waals surface area contributed by atoms with E-state index in [0.717, 1.165) is 38.5 Å². The second-order valence-corrected chi connectivity index (χ2v) is 11.5. The van der Waals surface area contributed by atoms with Crippen molar-refractivity contribution in [3.8, 4) is 0 Å². The lowest BCUT2D eigenvalue weighted by atomic mass is 10.0. The summed E-state index contributed by atoms with van der Waals surface area (Å²) in [6, 6.07) is 0. The molecule has 0 heterocycles. The first-order chi connectivity index (χ1) is 21.5. The second-order valence-electron chi connectivity index (χ2n) is 11.5. The van der Waals surface area contributed by atoms with Gasteiger partial charge in [-0.3, -0.25) is 4.79 Å². The Hall–Kier alpha value is -2.62. The minimum atomic E-state index is -0.884. The zero-order valence-electron chi connectivity index (χ0n) is 28.6. The zero-order chi connectivity index (χ0) is 32.6. The van der Waals surface area contributed by atoms with Gasteiger partial charge in [0.25, 0.3) is 0 Å². The summed E-state index contributed by atoms with van der Waals surface area (Å²) < 4.78 is 0. The van der Waals surface area contributed by atoms with E-state index in [0.29, 0.717) is 0 Å². The van der Waals surface area contributed by atoms with Gasteiger partial charge >= 0.3 is 11.9 Å². The third-order valence-electron chi connectivity index (χ3n) is 7.18. The summed E-state index contributed by atoms with van der Waals surface area (Å²) in [6.07, 6.45) is 53.0. The van der Waals surface area contributed by atoms with Gasteiger partial charge in [0.15, 0.2) is 0 Å². The average Bonchev–Trinajstić information content (AvgIpc) is 3.00. The third kappa shape index (κ3) is 46.3. The molecule has 0 aromatic carbocycles. The van der Waals surface area contributed by atoms with E-state index in [1.54, 1.807) is 6.08 Å². The molecular formula is C40H68O4. The van der Waals surface area contributed by atoms with Gasteiger partial charge in [-0.1, -0.05) is 171 Å². The molecule has 0 aromatic rings. The van der Waals surface area contributed by atoms with E-state index in [-0.39, 0.29) is 6.42 Å². The van der Waals surface area contributed by atoms with Crippen LogP contribution in [-0.2, 0) is 9.59 Å². The van der Waals surface area contributed by atoms with Gasteiger partial charge in [-0.2, -0.15) is 0 Å². The molecule has 0 rings (SSSR count). The van der Waals surface area contributed by atoms with Crippen molar-refractivity contribution in [3.63, 3.8) is 0 Å². The quantitative estimate of drug-likeness (QED) is 0.0366. The number of rotatable bonds is 30. The van der Waals surface area contributed by atoms with Gasteiger partial charge in [-0.05, 0) is 57.8 Å². The normalized spacial score (nSPS) is 12.0. The van der Waals surface area contributed by atoms with E-state index in [1.165, 1.54) is 115 Å². The van der Waals surface area contributed by atoms with Crippen LogP contribution in [0.1, 0.15) is 168 Å². The molecule has 0 spiro atoms. The largest absolute Gasteiger partial charge is 0.481 e. The first-order valence-corrected chi connectivity index (χ1v) is 17.9. The van der Waals surface area contributed by atoms with Crippen LogP contribution >= 0.6 is 0 Å². The van der Waals surface area contributed by atoms with Gasteiger partial charge in [0.1, 0.15) is 0 Å². The molecule has 0 radical (unpaired) electrons. The summed E-state index contributed by atoms with van der Waals surface area (Å²) in [5.74, 6) is -1.60. The molecule has 0 aliphatic carbocycles. The monoisotopic (exact) mass is 613 g/mol. The van der Waals surface area contributed by atoms with Crippen molar-refractivity contribution in [1.29, 1.82) is 0 Å². The van der Waals surface area contributed by atoms with Gasteiger partial charge in [0, 0.05) is 12.5 Å². The summed E-state index contributed by atoms with van der Waals surface area (Å²) in [6.45, 7) is 4.50. The minimum absolute atomic E-state index is 0.262. The van der Waals surface area contributed by atoms with Crippen LogP contribution in [0.2, 0.25) is 0 Å². The maximum absolute atomic E-state index is 10.3. The Morgan fingerprint density at radius 1 is 0.432 bits per heavy atom. The number of aliphatic carboxylic acids is 2. The number of carboxylic acid groups (broad SMARTS) is 2. The topological polar surface area (TPSA) is 74.6 Å². The lowest BCUT2D eigenvalue weighted by Gasteiger charge is -2.02. The molecule has 0 atom stereocenters. The second kappa shape index (κ2) is 40.4. The fourth-order valence-electron chi connectivity index (χ4n) is 4.52. The van der Waals surface area contributed by atoms with Crippen molar-refractivity contribution in [2.24, 2.45) is 0 Å². The Morgan fingerprint density at radius 2 is 0.795 bits per heavy atom. The van der Waals surface area contributed by atoms with Crippen molar-refractivity contribution in [1.82, 2.24) is 0 Å². The van der Waals surface area contributed by atoms with Crippen LogP contribution in [0.5, 0.6) is 0 Å². The Labute approximate surface area is 272 Å². The van der Waals surface area contributed by atoms with Crippen LogP contribution in [-0.4, -0.2) is 22.2 Å². The van der Waals surface area contributed by atoms with Crippen molar-refractivity contribution in [2.75, 3.05) is 0 Å². The fraction of sp³-hybridized carbons (Fsp3) is 0.650. The summed E-state index contributed by atoms with van der Waals surface area (Å²) in [4.78, 5) is 20.6. The molecule has 2 N–H and O–H groups in total. The number of allylic oxidation sites excluding steroid dienone is 11. The van der Waals surface area contributed by atoms with E-state index in [2.05, 4.69) is 68.5 Å². The van der Waals surface area contributed by atoms with Gasteiger partial charge in [0.05, 0.1) is 0 Å². The molecule has 0 saturated heterocycles. The fourth-order valence-corrected chi connectivity index (χ4v) is 4.52. The highest BCUT2D eigenvalue weighted by Crippen LogP contribution is 2.13. The number of hydrogen-bond acceptors (Lipinski definition) is 2.